The summed E-state index contributed by atoms with van der Waals surface area (Å²) in [5.74, 6) is -0.824. The maximum Gasteiger partial charge on any atom is 0.397 e. The first-order chi connectivity index (χ1) is 9.84. The summed E-state index contributed by atoms with van der Waals surface area (Å²) in [6.45, 7) is -0.414. The molecule has 6 heteroatoms. The Kier molecular flexibility index (Phi) is 4.44. The predicted octanol–water partition coefficient (Wildman–Crippen LogP) is 4.28. The van der Waals surface area contributed by atoms with Crippen molar-refractivity contribution in [3.8, 4) is 5.75 Å². The number of carboxylic acid groups (broad SMARTS) is 1. The molecule has 0 bridgehead atoms. The van der Waals surface area contributed by atoms with Crippen molar-refractivity contribution < 1.29 is 27.8 Å². The second-order valence-corrected chi connectivity index (χ2v) is 5.46. The smallest absolute Gasteiger partial charge is 0.397 e. The largest absolute Gasteiger partial charge is 0.493 e. The Balaban J connectivity index is 2.06. The van der Waals surface area contributed by atoms with Gasteiger partial charge in [0.15, 0.2) is 0 Å². The van der Waals surface area contributed by atoms with Crippen LogP contribution in [0.5, 0.6) is 5.75 Å². The van der Waals surface area contributed by atoms with Crippen LogP contribution in [0.25, 0.3) is 0 Å². The van der Waals surface area contributed by atoms with Crippen molar-refractivity contribution in [1.29, 1.82) is 0 Å². The molecule has 1 N–H and O–H groups in total. The third kappa shape index (κ3) is 3.49. The Hall–Kier alpha value is -1.72. The number of ether oxygens (including phenoxy) is 1. The first kappa shape index (κ1) is 15.7. The Morgan fingerprint density at radius 1 is 1.14 bits per heavy atom. The molecule has 0 unspecified atom stereocenters. The zero-order valence-electron chi connectivity index (χ0n) is 11.4. The zero-order valence-corrected chi connectivity index (χ0v) is 11.4. The van der Waals surface area contributed by atoms with E-state index in [1.807, 2.05) is 0 Å². The highest BCUT2D eigenvalue weighted by Gasteiger charge is 2.55. The first-order valence-corrected chi connectivity index (χ1v) is 6.87. The van der Waals surface area contributed by atoms with Crippen molar-refractivity contribution in [1.82, 2.24) is 0 Å². The molecule has 1 saturated carbocycles. The molecule has 0 spiro atoms. The predicted molar refractivity (Wildman–Crippen MR) is 70.5 cm³/mol. The van der Waals surface area contributed by atoms with Gasteiger partial charge in [-0.25, -0.2) is 4.79 Å². The third-order valence-electron chi connectivity index (χ3n) is 4.03. The summed E-state index contributed by atoms with van der Waals surface area (Å²) in [4.78, 5) is 10.7. The molecule has 1 aromatic rings. The molecule has 1 aliphatic rings. The summed E-state index contributed by atoms with van der Waals surface area (Å²) in [7, 11) is 0. The number of carboxylic acids is 1. The summed E-state index contributed by atoms with van der Waals surface area (Å²) in [6.07, 6.45) is -2.17. The molecule has 1 fully saturated rings. The average molecular weight is 302 g/mol. The van der Waals surface area contributed by atoms with Crippen LogP contribution in [-0.4, -0.2) is 23.9 Å². The lowest BCUT2D eigenvalue weighted by Crippen LogP contribution is -2.44. The van der Waals surface area contributed by atoms with E-state index in [2.05, 4.69) is 0 Å². The molecule has 1 aliphatic carbocycles. The fourth-order valence-electron chi connectivity index (χ4n) is 2.65. The van der Waals surface area contributed by atoms with Gasteiger partial charge in [0, 0.05) is 0 Å². The van der Waals surface area contributed by atoms with E-state index in [1.165, 1.54) is 24.3 Å². The summed E-state index contributed by atoms with van der Waals surface area (Å²) < 4.78 is 45.2. The van der Waals surface area contributed by atoms with Gasteiger partial charge in [-0.15, -0.1) is 0 Å². The van der Waals surface area contributed by atoms with Gasteiger partial charge in [0.2, 0.25) is 0 Å². The molecule has 0 amide bonds. The van der Waals surface area contributed by atoms with Gasteiger partial charge in [0.1, 0.15) is 12.4 Å². The molecule has 3 nitrogen and oxygen atoms in total. The topological polar surface area (TPSA) is 46.5 Å². The number of carbonyl (C=O) groups is 1. The second kappa shape index (κ2) is 5.95. The SMILES string of the molecule is O=C(O)c1ccc(OCC2(C(F)(F)F)CCCCC2)cc1. The van der Waals surface area contributed by atoms with Crippen LogP contribution < -0.4 is 4.74 Å². The van der Waals surface area contributed by atoms with Crippen LogP contribution in [0, 0.1) is 5.41 Å². The van der Waals surface area contributed by atoms with Crippen LogP contribution in [0.2, 0.25) is 0 Å². The lowest BCUT2D eigenvalue weighted by molar-refractivity contribution is -0.243. The number of alkyl halides is 3. The molecular weight excluding hydrogens is 285 g/mol. The summed E-state index contributed by atoms with van der Waals surface area (Å²) in [6, 6.07) is 5.41. The minimum Gasteiger partial charge on any atom is -0.493 e. The normalized spacial score (nSPS) is 18.2. The fourth-order valence-corrected chi connectivity index (χ4v) is 2.65. The molecule has 0 atom stereocenters. The average Bonchev–Trinajstić information content (AvgIpc) is 2.45. The number of rotatable bonds is 4. The quantitative estimate of drug-likeness (QED) is 0.903. The van der Waals surface area contributed by atoms with E-state index in [1.54, 1.807) is 0 Å². The van der Waals surface area contributed by atoms with Gasteiger partial charge in [0.05, 0.1) is 11.0 Å². The van der Waals surface area contributed by atoms with E-state index in [9.17, 15) is 18.0 Å². The maximum absolute atomic E-state index is 13.3. The van der Waals surface area contributed by atoms with Gasteiger partial charge in [-0.2, -0.15) is 13.2 Å². The van der Waals surface area contributed by atoms with Crippen LogP contribution >= 0.6 is 0 Å². The highest BCUT2D eigenvalue weighted by atomic mass is 19.4. The van der Waals surface area contributed by atoms with Crippen LogP contribution in [0.3, 0.4) is 0 Å². The van der Waals surface area contributed by atoms with Crippen LogP contribution in [0.4, 0.5) is 13.2 Å². The minimum absolute atomic E-state index is 0.0746. The van der Waals surface area contributed by atoms with Gasteiger partial charge in [-0.3, -0.25) is 0 Å². The zero-order chi connectivity index (χ0) is 15.5. The summed E-state index contributed by atoms with van der Waals surface area (Å²) >= 11 is 0. The van der Waals surface area contributed by atoms with Gasteiger partial charge in [-0.05, 0) is 37.1 Å². The lowest BCUT2D eigenvalue weighted by atomic mass is 9.74. The molecule has 116 valence electrons. The van der Waals surface area contributed by atoms with E-state index >= 15 is 0 Å². The molecule has 0 aromatic heterocycles. The molecule has 21 heavy (non-hydrogen) atoms. The molecule has 0 heterocycles. The number of hydrogen-bond donors (Lipinski definition) is 1. The van der Waals surface area contributed by atoms with Crippen LogP contribution in [0.15, 0.2) is 24.3 Å². The molecule has 2 rings (SSSR count). The minimum atomic E-state index is -4.28. The van der Waals surface area contributed by atoms with Gasteiger partial charge >= 0.3 is 12.1 Å². The standard InChI is InChI=1S/C15H17F3O3/c16-15(17,18)14(8-2-1-3-9-14)10-21-12-6-4-11(5-7-12)13(19)20/h4-7H,1-3,8-10H2,(H,19,20). The molecule has 0 aliphatic heterocycles. The van der Waals surface area contributed by atoms with E-state index in [0.717, 1.165) is 6.42 Å². The second-order valence-electron chi connectivity index (χ2n) is 5.46. The van der Waals surface area contributed by atoms with E-state index in [-0.39, 0.29) is 24.2 Å². The van der Waals surface area contributed by atoms with Crippen LogP contribution in [-0.2, 0) is 0 Å². The van der Waals surface area contributed by atoms with Crippen molar-refractivity contribution in [3.05, 3.63) is 29.8 Å². The van der Waals surface area contributed by atoms with Crippen molar-refractivity contribution in [2.24, 2.45) is 5.41 Å². The van der Waals surface area contributed by atoms with E-state index in [0.29, 0.717) is 12.8 Å². The number of benzene rings is 1. The highest BCUT2D eigenvalue weighted by molar-refractivity contribution is 5.87. The summed E-state index contributed by atoms with van der Waals surface area (Å²) in [5, 5.41) is 8.77. The van der Waals surface area contributed by atoms with Crippen molar-refractivity contribution in [2.75, 3.05) is 6.61 Å². The maximum atomic E-state index is 13.3. The fraction of sp³-hybridized carbons (Fsp3) is 0.533. The Morgan fingerprint density at radius 2 is 1.71 bits per heavy atom. The Morgan fingerprint density at radius 3 is 2.19 bits per heavy atom. The highest BCUT2D eigenvalue weighted by Crippen LogP contribution is 2.49. The first-order valence-electron chi connectivity index (χ1n) is 6.87. The van der Waals surface area contributed by atoms with E-state index < -0.39 is 24.2 Å². The lowest BCUT2D eigenvalue weighted by Gasteiger charge is -2.38. The molecule has 0 saturated heterocycles. The monoisotopic (exact) mass is 302 g/mol. The number of aromatic carboxylic acids is 1. The molecule has 0 radical (unpaired) electrons. The van der Waals surface area contributed by atoms with Gasteiger partial charge in [0.25, 0.3) is 0 Å². The summed E-state index contributed by atoms with van der Waals surface area (Å²) in [5.41, 5.74) is -1.71. The van der Waals surface area contributed by atoms with Crippen molar-refractivity contribution in [2.45, 2.75) is 38.3 Å². The number of halogens is 3. The molecular formula is C15H17F3O3. The molecule has 1 aromatic carbocycles. The van der Waals surface area contributed by atoms with Crippen molar-refractivity contribution >= 4 is 5.97 Å². The van der Waals surface area contributed by atoms with Gasteiger partial charge < -0.3 is 9.84 Å². The van der Waals surface area contributed by atoms with Crippen molar-refractivity contribution in [3.63, 3.8) is 0 Å². The number of hydrogen-bond acceptors (Lipinski definition) is 2. The van der Waals surface area contributed by atoms with Gasteiger partial charge in [-0.1, -0.05) is 19.3 Å². The third-order valence-corrected chi connectivity index (χ3v) is 4.03. The van der Waals surface area contributed by atoms with E-state index in [4.69, 9.17) is 9.84 Å². The van der Waals surface area contributed by atoms with Crippen LogP contribution in [0.1, 0.15) is 42.5 Å². The Bertz CT molecular complexity index is 488. The Labute approximate surface area is 120 Å².